The SMILES string of the molecule is Cc1ccccc1C(=O)OC(C)(C)C(=O)CC#N. The van der Waals surface area contributed by atoms with Gasteiger partial charge in [-0.2, -0.15) is 5.26 Å². The van der Waals surface area contributed by atoms with Crippen LogP contribution in [-0.2, 0) is 9.53 Å². The molecule has 94 valence electrons. The molecule has 0 saturated carbocycles. The van der Waals surface area contributed by atoms with E-state index < -0.39 is 17.4 Å². The van der Waals surface area contributed by atoms with Crippen LogP contribution >= 0.6 is 0 Å². The molecule has 0 saturated heterocycles. The molecule has 1 aromatic rings. The smallest absolute Gasteiger partial charge is 0.339 e. The first-order valence-electron chi connectivity index (χ1n) is 5.57. The highest BCUT2D eigenvalue weighted by atomic mass is 16.6. The van der Waals surface area contributed by atoms with Crippen molar-refractivity contribution >= 4 is 11.8 Å². The number of esters is 1. The lowest BCUT2D eigenvalue weighted by molar-refractivity contribution is -0.134. The van der Waals surface area contributed by atoms with Crippen LogP contribution in [0.4, 0.5) is 0 Å². The van der Waals surface area contributed by atoms with Crippen LogP contribution in [0, 0.1) is 18.3 Å². The van der Waals surface area contributed by atoms with Crippen LogP contribution in [-0.4, -0.2) is 17.4 Å². The molecule has 0 unspecified atom stereocenters. The molecule has 0 amide bonds. The number of hydrogen-bond donors (Lipinski definition) is 0. The summed E-state index contributed by atoms with van der Waals surface area (Å²) < 4.78 is 5.18. The largest absolute Gasteiger partial charge is 0.448 e. The fourth-order valence-electron chi connectivity index (χ4n) is 1.43. The molecule has 0 aromatic heterocycles. The zero-order valence-electron chi connectivity index (χ0n) is 10.7. The summed E-state index contributed by atoms with van der Waals surface area (Å²) >= 11 is 0. The van der Waals surface area contributed by atoms with Crippen LogP contribution in [0.15, 0.2) is 24.3 Å². The molecular weight excluding hydrogens is 230 g/mol. The molecule has 4 nitrogen and oxygen atoms in total. The second-order valence-electron chi connectivity index (χ2n) is 4.47. The third kappa shape index (κ3) is 3.17. The average Bonchev–Trinajstić information content (AvgIpc) is 2.29. The first kappa shape index (κ1) is 13.9. The number of carbonyl (C=O) groups excluding carboxylic acids is 2. The van der Waals surface area contributed by atoms with Gasteiger partial charge in [0.05, 0.1) is 18.1 Å². The number of ether oxygens (including phenoxy) is 1. The Morgan fingerprint density at radius 1 is 1.33 bits per heavy atom. The van der Waals surface area contributed by atoms with Crippen LogP contribution in [0.1, 0.15) is 36.2 Å². The third-order valence-electron chi connectivity index (χ3n) is 2.62. The van der Waals surface area contributed by atoms with Gasteiger partial charge in [-0.25, -0.2) is 4.79 Å². The number of nitrogens with zero attached hydrogens (tertiary/aromatic N) is 1. The maximum absolute atomic E-state index is 11.9. The van der Waals surface area contributed by atoms with Crippen molar-refractivity contribution in [1.82, 2.24) is 0 Å². The normalized spacial score (nSPS) is 10.6. The molecule has 0 fully saturated rings. The summed E-state index contributed by atoms with van der Waals surface area (Å²) in [7, 11) is 0. The fourth-order valence-corrected chi connectivity index (χ4v) is 1.43. The Balaban J connectivity index is 2.86. The number of aryl methyl sites for hydroxylation is 1. The lowest BCUT2D eigenvalue weighted by Crippen LogP contribution is -2.37. The van der Waals surface area contributed by atoms with Crippen molar-refractivity contribution in [3.63, 3.8) is 0 Å². The Bertz CT molecular complexity index is 512. The van der Waals surface area contributed by atoms with E-state index >= 15 is 0 Å². The standard InChI is InChI=1S/C14H15NO3/c1-10-6-4-5-7-11(10)13(17)18-14(2,3)12(16)8-9-15/h4-7H,8H2,1-3H3. The van der Waals surface area contributed by atoms with Crippen molar-refractivity contribution in [2.45, 2.75) is 32.8 Å². The zero-order valence-corrected chi connectivity index (χ0v) is 10.7. The molecule has 0 aliphatic rings. The third-order valence-corrected chi connectivity index (χ3v) is 2.62. The highest BCUT2D eigenvalue weighted by Crippen LogP contribution is 2.17. The minimum absolute atomic E-state index is 0.270. The second kappa shape index (κ2) is 5.46. The highest BCUT2D eigenvalue weighted by Gasteiger charge is 2.32. The van der Waals surface area contributed by atoms with E-state index in [2.05, 4.69) is 0 Å². The molecule has 18 heavy (non-hydrogen) atoms. The van der Waals surface area contributed by atoms with Crippen molar-refractivity contribution < 1.29 is 14.3 Å². The summed E-state index contributed by atoms with van der Waals surface area (Å²) in [5.74, 6) is -0.962. The fraction of sp³-hybridized carbons (Fsp3) is 0.357. The van der Waals surface area contributed by atoms with Crippen LogP contribution in [0.5, 0.6) is 0 Å². The van der Waals surface area contributed by atoms with E-state index in [1.54, 1.807) is 31.2 Å². The number of rotatable bonds is 4. The second-order valence-corrected chi connectivity index (χ2v) is 4.47. The molecule has 0 bridgehead atoms. The number of hydrogen-bond acceptors (Lipinski definition) is 4. The van der Waals surface area contributed by atoms with Crippen molar-refractivity contribution in [2.75, 3.05) is 0 Å². The van der Waals surface area contributed by atoms with E-state index in [4.69, 9.17) is 10.00 Å². The highest BCUT2D eigenvalue weighted by molar-refractivity contribution is 5.95. The van der Waals surface area contributed by atoms with Gasteiger partial charge in [0.15, 0.2) is 11.4 Å². The minimum atomic E-state index is -1.28. The van der Waals surface area contributed by atoms with Crippen LogP contribution in [0.2, 0.25) is 0 Å². The van der Waals surface area contributed by atoms with Gasteiger partial charge in [-0.1, -0.05) is 18.2 Å². The predicted molar refractivity (Wildman–Crippen MR) is 65.9 cm³/mol. The van der Waals surface area contributed by atoms with E-state index in [0.717, 1.165) is 5.56 Å². The number of carbonyl (C=O) groups is 2. The minimum Gasteiger partial charge on any atom is -0.448 e. The summed E-state index contributed by atoms with van der Waals surface area (Å²) in [6, 6.07) is 8.74. The van der Waals surface area contributed by atoms with E-state index in [-0.39, 0.29) is 6.42 Å². The van der Waals surface area contributed by atoms with Crippen molar-refractivity contribution in [1.29, 1.82) is 5.26 Å². The maximum Gasteiger partial charge on any atom is 0.339 e. The topological polar surface area (TPSA) is 67.2 Å². The number of benzene rings is 1. The molecule has 0 aliphatic carbocycles. The Morgan fingerprint density at radius 2 is 1.94 bits per heavy atom. The monoisotopic (exact) mass is 245 g/mol. The molecule has 0 N–H and O–H groups in total. The van der Waals surface area contributed by atoms with Gasteiger partial charge in [-0.3, -0.25) is 4.79 Å². The zero-order chi connectivity index (χ0) is 13.8. The predicted octanol–water partition coefficient (Wildman–Crippen LogP) is 2.41. The van der Waals surface area contributed by atoms with Crippen molar-refractivity contribution in [3.8, 4) is 6.07 Å². The van der Waals surface area contributed by atoms with Gasteiger partial charge >= 0.3 is 5.97 Å². The molecule has 0 aliphatic heterocycles. The number of nitriles is 1. The van der Waals surface area contributed by atoms with E-state index in [1.807, 2.05) is 6.07 Å². The van der Waals surface area contributed by atoms with Crippen LogP contribution in [0.25, 0.3) is 0 Å². The van der Waals surface area contributed by atoms with Crippen molar-refractivity contribution in [3.05, 3.63) is 35.4 Å². The van der Waals surface area contributed by atoms with Crippen molar-refractivity contribution in [2.24, 2.45) is 0 Å². The molecule has 4 heteroatoms. The van der Waals surface area contributed by atoms with Gasteiger partial charge in [0.1, 0.15) is 0 Å². The molecule has 1 aromatic carbocycles. The Kier molecular flexibility index (Phi) is 4.22. The lowest BCUT2D eigenvalue weighted by atomic mass is 10.0. The summed E-state index contributed by atoms with van der Waals surface area (Å²) in [5, 5.41) is 8.48. The van der Waals surface area contributed by atoms with Gasteiger partial charge in [0.2, 0.25) is 0 Å². The molecular formula is C14H15NO3. The number of Topliss-reactive ketones (excluding diaryl/α,β-unsaturated/α-hetero) is 1. The summed E-state index contributed by atoms with van der Waals surface area (Å²) in [6.07, 6.45) is -0.270. The van der Waals surface area contributed by atoms with Crippen LogP contribution < -0.4 is 0 Å². The van der Waals surface area contributed by atoms with Crippen LogP contribution in [0.3, 0.4) is 0 Å². The summed E-state index contributed by atoms with van der Waals surface area (Å²) in [5.41, 5.74) is -0.0730. The molecule has 0 spiro atoms. The van der Waals surface area contributed by atoms with Gasteiger partial charge in [0, 0.05) is 0 Å². The van der Waals surface area contributed by atoms with Gasteiger partial charge in [-0.05, 0) is 32.4 Å². The quantitative estimate of drug-likeness (QED) is 0.764. The average molecular weight is 245 g/mol. The van der Waals surface area contributed by atoms with E-state index in [1.165, 1.54) is 13.8 Å². The Labute approximate surface area is 106 Å². The molecule has 0 atom stereocenters. The lowest BCUT2D eigenvalue weighted by Gasteiger charge is -2.22. The molecule has 0 heterocycles. The molecule has 1 rings (SSSR count). The van der Waals surface area contributed by atoms with E-state index in [9.17, 15) is 9.59 Å². The molecule has 0 radical (unpaired) electrons. The first-order valence-corrected chi connectivity index (χ1v) is 5.57. The number of ketones is 1. The maximum atomic E-state index is 11.9. The van der Waals surface area contributed by atoms with Gasteiger partial charge in [0.25, 0.3) is 0 Å². The summed E-state index contributed by atoms with van der Waals surface area (Å²) in [6.45, 7) is 4.77. The first-order chi connectivity index (χ1) is 8.38. The van der Waals surface area contributed by atoms with Gasteiger partial charge in [-0.15, -0.1) is 0 Å². The van der Waals surface area contributed by atoms with E-state index in [0.29, 0.717) is 5.56 Å². The summed E-state index contributed by atoms with van der Waals surface area (Å²) in [4.78, 5) is 23.5. The van der Waals surface area contributed by atoms with Gasteiger partial charge < -0.3 is 4.74 Å². The Hall–Kier alpha value is -2.15. The Morgan fingerprint density at radius 3 is 2.50 bits per heavy atom.